The zero-order chi connectivity index (χ0) is 21.1. The number of aryl methyl sites for hydroxylation is 1. The molecule has 0 saturated carbocycles. The van der Waals surface area contributed by atoms with Gasteiger partial charge in [0.05, 0.1) is 23.4 Å². The zero-order valence-electron chi connectivity index (χ0n) is 15.5. The van der Waals surface area contributed by atoms with Crippen LogP contribution in [0, 0.1) is 35.3 Å². The monoisotopic (exact) mass is 393 g/mol. The third-order valence-corrected chi connectivity index (χ3v) is 4.32. The van der Waals surface area contributed by atoms with Crippen LogP contribution in [0.5, 0.6) is 5.88 Å². The number of aromatic hydroxyl groups is 1. The van der Waals surface area contributed by atoms with Crippen molar-refractivity contribution in [1.82, 2.24) is 4.57 Å². The van der Waals surface area contributed by atoms with Crippen LogP contribution >= 0.6 is 0 Å². The van der Waals surface area contributed by atoms with E-state index in [1.165, 1.54) is 31.4 Å². The van der Waals surface area contributed by atoms with Gasteiger partial charge in [-0.1, -0.05) is 6.07 Å². The minimum Gasteiger partial charge on any atom is -0.493 e. The molecule has 3 rings (SSSR count). The van der Waals surface area contributed by atoms with Gasteiger partial charge in [-0.2, -0.15) is 5.26 Å². The van der Waals surface area contributed by atoms with Gasteiger partial charge in [-0.25, -0.2) is 0 Å². The van der Waals surface area contributed by atoms with Gasteiger partial charge in [0.15, 0.2) is 5.69 Å². The summed E-state index contributed by atoms with van der Waals surface area (Å²) in [6.07, 6.45) is 1.42. The number of nitrogens with zero attached hydrogens (tertiary/aromatic N) is 5. The van der Waals surface area contributed by atoms with Crippen LogP contribution in [0.3, 0.4) is 0 Å². The summed E-state index contributed by atoms with van der Waals surface area (Å²) in [5.74, 6) is -0.107. The van der Waals surface area contributed by atoms with Crippen LogP contribution < -0.4 is 5.56 Å². The maximum Gasteiger partial charge on any atom is 0.281 e. The molecule has 0 bridgehead atoms. The van der Waals surface area contributed by atoms with Crippen molar-refractivity contribution in [2.24, 2.45) is 10.2 Å². The molecule has 0 atom stereocenters. The van der Waals surface area contributed by atoms with E-state index in [0.717, 1.165) is 4.57 Å². The Morgan fingerprint density at radius 3 is 2.69 bits per heavy atom. The lowest BCUT2D eigenvalue weighted by atomic mass is 10.1. The van der Waals surface area contributed by atoms with Crippen molar-refractivity contribution in [2.45, 2.75) is 20.4 Å². The van der Waals surface area contributed by atoms with Gasteiger partial charge in [0.2, 0.25) is 5.88 Å². The Hall–Kier alpha value is -4.26. The Morgan fingerprint density at radius 1 is 1.31 bits per heavy atom. The summed E-state index contributed by atoms with van der Waals surface area (Å²) >= 11 is 0. The third kappa shape index (κ3) is 3.74. The van der Waals surface area contributed by atoms with E-state index in [4.69, 9.17) is 4.42 Å². The highest BCUT2D eigenvalue weighted by Crippen LogP contribution is 2.29. The highest BCUT2D eigenvalue weighted by molar-refractivity contribution is 5.58. The van der Waals surface area contributed by atoms with Gasteiger partial charge >= 0.3 is 0 Å². The SMILES string of the molecule is Cc1ccc([N+](=O)[O-])cc1N=Nc1c(C)c(C#N)c(O)n(Cc2ccco2)c1=O. The number of hydrogen-bond donors (Lipinski definition) is 1. The number of benzene rings is 1. The molecule has 0 spiro atoms. The maximum absolute atomic E-state index is 12.9. The largest absolute Gasteiger partial charge is 0.493 e. The second kappa shape index (κ2) is 7.77. The third-order valence-electron chi connectivity index (χ3n) is 4.32. The first-order chi connectivity index (χ1) is 13.8. The van der Waals surface area contributed by atoms with Gasteiger partial charge in [-0.15, -0.1) is 10.2 Å². The molecule has 2 heterocycles. The number of azo groups is 1. The van der Waals surface area contributed by atoms with E-state index in [1.54, 1.807) is 19.1 Å². The number of furan rings is 1. The van der Waals surface area contributed by atoms with Crippen molar-refractivity contribution >= 4 is 17.1 Å². The summed E-state index contributed by atoms with van der Waals surface area (Å²) in [7, 11) is 0. The normalized spacial score (nSPS) is 10.9. The standard InChI is InChI=1S/C19H15N5O5/c1-11-5-6-13(24(27)28)8-16(11)21-22-17-12(2)15(9-20)18(25)23(19(17)26)10-14-4-3-7-29-14/h3-8,25H,10H2,1-2H3. The fourth-order valence-electron chi connectivity index (χ4n) is 2.69. The van der Waals surface area contributed by atoms with Crippen LogP contribution in [0.4, 0.5) is 17.1 Å². The molecule has 1 N–H and O–H groups in total. The van der Waals surface area contributed by atoms with Crippen LogP contribution in [-0.2, 0) is 6.54 Å². The molecule has 0 unspecified atom stereocenters. The summed E-state index contributed by atoms with van der Waals surface area (Å²) < 4.78 is 6.16. The number of nitro benzene ring substituents is 1. The summed E-state index contributed by atoms with van der Waals surface area (Å²) in [5.41, 5.74) is -0.147. The van der Waals surface area contributed by atoms with Gasteiger partial charge in [0.25, 0.3) is 11.2 Å². The first kappa shape index (κ1) is 19.5. The van der Waals surface area contributed by atoms with E-state index in [1.807, 2.05) is 6.07 Å². The molecule has 0 amide bonds. The van der Waals surface area contributed by atoms with Gasteiger partial charge in [0.1, 0.15) is 17.4 Å². The molecule has 3 aromatic rings. The molecule has 0 saturated heterocycles. The molecule has 10 nitrogen and oxygen atoms in total. The molecular weight excluding hydrogens is 378 g/mol. The van der Waals surface area contributed by atoms with Crippen molar-refractivity contribution in [2.75, 3.05) is 0 Å². The first-order valence-corrected chi connectivity index (χ1v) is 8.39. The Morgan fingerprint density at radius 2 is 2.07 bits per heavy atom. The van der Waals surface area contributed by atoms with E-state index in [2.05, 4.69) is 10.2 Å². The molecule has 0 aliphatic rings. The highest BCUT2D eigenvalue weighted by atomic mass is 16.6. The predicted molar refractivity (Wildman–Crippen MR) is 102 cm³/mol. The Kier molecular flexibility index (Phi) is 5.23. The van der Waals surface area contributed by atoms with E-state index in [9.17, 15) is 25.3 Å². The van der Waals surface area contributed by atoms with Crippen molar-refractivity contribution in [3.8, 4) is 11.9 Å². The molecule has 146 valence electrons. The highest BCUT2D eigenvalue weighted by Gasteiger charge is 2.20. The number of non-ortho nitro benzene ring substituents is 1. The van der Waals surface area contributed by atoms with Crippen LogP contribution in [0.2, 0.25) is 0 Å². The van der Waals surface area contributed by atoms with E-state index in [-0.39, 0.29) is 34.7 Å². The molecule has 10 heteroatoms. The van der Waals surface area contributed by atoms with E-state index >= 15 is 0 Å². The molecule has 2 aromatic heterocycles. The van der Waals surface area contributed by atoms with E-state index < -0.39 is 16.4 Å². The molecule has 0 aliphatic carbocycles. The number of aromatic nitrogens is 1. The average molecular weight is 393 g/mol. The number of hydrogen-bond acceptors (Lipinski definition) is 8. The molecule has 1 aromatic carbocycles. The van der Waals surface area contributed by atoms with Crippen LogP contribution in [0.25, 0.3) is 0 Å². The van der Waals surface area contributed by atoms with Crippen LogP contribution in [-0.4, -0.2) is 14.6 Å². The summed E-state index contributed by atoms with van der Waals surface area (Å²) in [5, 5.41) is 38.6. The molecule has 29 heavy (non-hydrogen) atoms. The van der Waals surface area contributed by atoms with Gasteiger partial charge in [0, 0.05) is 17.7 Å². The van der Waals surface area contributed by atoms with Crippen molar-refractivity contribution in [3.63, 3.8) is 0 Å². The second-order valence-electron chi connectivity index (χ2n) is 6.18. The topological polar surface area (TPSA) is 147 Å². The number of pyridine rings is 1. The zero-order valence-corrected chi connectivity index (χ0v) is 15.5. The minimum atomic E-state index is -0.678. The molecule has 0 radical (unpaired) electrons. The Balaban J connectivity index is 2.14. The fourth-order valence-corrected chi connectivity index (χ4v) is 2.69. The smallest absolute Gasteiger partial charge is 0.281 e. The van der Waals surface area contributed by atoms with Crippen molar-refractivity contribution in [3.05, 3.63) is 79.5 Å². The lowest BCUT2D eigenvalue weighted by molar-refractivity contribution is -0.384. The van der Waals surface area contributed by atoms with Gasteiger partial charge in [-0.3, -0.25) is 19.5 Å². The first-order valence-electron chi connectivity index (χ1n) is 8.39. The quantitative estimate of drug-likeness (QED) is 0.393. The van der Waals surface area contributed by atoms with E-state index in [0.29, 0.717) is 11.3 Å². The lowest BCUT2D eigenvalue weighted by Crippen LogP contribution is -2.22. The summed E-state index contributed by atoms with van der Waals surface area (Å²) in [6, 6.07) is 9.19. The minimum absolute atomic E-state index is 0.106. The van der Waals surface area contributed by atoms with Gasteiger partial charge < -0.3 is 9.52 Å². The molecular formula is C19H15N5O5. The lowest BCUT2D eigenvalue weighted by Gasteiger charge is -2.12. The van der Waals surface area contributed by atoms with Crippen LogP contribution in [0.1, 0.15) is 22.5 Å². The average Bonchev–Trinajstić information content (AvgIpc) is 3.20. The number of rotatable bonds is 5. The Labute approximate surface area is 164 Å². The Bertz CT molecular complexity index is 1220. The van der Waals surface area contributed by atoms with Crippen molar-refractivity contribution in [1.29, 1.82) is 5.26 Å². The molecule has 0 aliphatic heterocycles. The van der Waals surface area contributed by atoms with Gasteiger partial charge in [-0.05, 0) is 31.5 Å². The summed E-state index contributed by atoms with van der Waals surface area (Å²) in [4.78, 5) is 23.3. The molecule has 0 fully saturated rings. The number of nitro groups is 1. The second-order valence-corrected chi connectivity index (χ2v) is 6.18. The maximum atomic E-state index is 12.9. The summed E-state index contributed by atoms with van der Waals surface area (Å²) in [6.45, 7) is 3.05. The fraction of sp³-hybridized carbons (Fsp3) is 0.158. The van der Waals surface area contributed by atoms with Crippen molar-refractivity contribution < 1.29 is 14.4 Å². The number of nitriles is 1. The predicted octanol–water partition coefficient (Wildman–Crippen LogP) is 4.01. The van der Waals surface area contributed by atoms with Crippen LogP contribution in [0.15, 0.2) is 56.0 Å².